The molecule has 0 aliphatic heterocycles. The van der Waals surface area contributed by atoms with Gasteiger partial charge in [0.25, 0.3) is 0 Å². The monoisotopic (exact) mass is 235 g/mol. The van der Waals surface area contributed by atoms with Crippen LogP contribution >= 0.6 is 0 Å². The Morgan fingerprint density at radius 3 is 2.35 bits per heavy atom. The van der Waals surface area contributed by atoms with Crippen molar-refractivity contribution in [1.29, 1.82) is 0 Å². The highest BCUT2D eigenvalue weighted by Crippen LogP contribution is 2.06. The maximum Gasteiger partial charge on any atom is 0.176 e. The summed E-state index contributed by atoms with van der Waals surface area (Å²) in [7, 11) is 0. The molecule has 0 aliphatic carbocycles. The molecule has 0 heterocycles. The molecule has 0 radical (unpaired) electrons. The summed E-state index contributed by atoms with van der Waals surface area (Å²) in [6.45, 7) is 5.88. The number of nitrogens with zero attached hydrogens (tertiary/aromatic N) is 1. The lowest BCUT2D eigenvalue weighted by molar-refractivity contribution is 0.0919. The molecule has 3 nitrogen and oxygen atoms in total. The minimum absolute atomic E-state index is 0.0931. The highest BCUT2D eigenvalue weighted by atomic mass is 16.3. The van der Waals surface area contributed by atoms with E-state index in [1.165, 1.54) is 5.56 Å². The number of aryl methyl sites for hydroxylation is 1. The summed E-state index contributed by atoms with van der Waals surface area (Å²) in [6.07, 6.45) is 0.986. The molecule has 1 aromatic carbocycles. The third kappa shape index (κ3) is 4.29. The van der Waals surface area contributed by atoms with Crippen molar-refractivity contribution < 1.29 is 9.90 Å². The van der Waals surface area contributed by atoms with Crippen molar-refractivity contribution in [2.45, 2.75) is 20.3 Å². The van der Waals surface area contributed by atoms with E-state index in [1.807, 2.05) is 36.1 Å². The number of benzene rings is 1. The van der Waals surface area contributed by atoms with Crippen LogP contribution in [0.25, 0.3) is 0 Å². The fourth-order valence-corrected chi connectivity index (χ4v) is 1.71. The predicted octanol–water partition coefficient (Wildman–Crippen LogP) is 1.75. The lowest BCUT2D eigenvalue weighted by atomic mass is 10.1. The van der Waals surface area contributed by atoms with Gasteiger partial charge in [0.2, 0.25) is 0 Å². The summed E-state index contributed by atoms with van der Waals surface area (Å²) in [5.74, 6) is 0.114. The largest absolute Gasteiger partial charge is 0.395 e. The predicted molar refractivity (Wildman–Crippen MR) is 69.4 cm³/mol. The van der Waals surface area contributed by atoms with Crippen LogP contribution < -0.4 is 0 Å². The van der Waals surface area contributed by atoms with Gasteiger partial charge < -0.3 is 5.11 Å². The number of aliphatic hydroxyl groups excluding tert-OH is 1. The molecule has 0 fully saturated rings. The molecule has 17 heavy (non-hydrogen) atoms. The lowest BCUT2D eigenvalue weighted by Crippen LogP contribution is -2.32. The van der Waals surface area contributed by atoms with Gasteiger partial charge in [0.05, 0.1) is 13.2 Å². The minimum Gasteiger partial charge on any atom is -0.395 e. The fourth-order valence-electron chi connectivity index (χ4n) is 1.71. The van der Waals surface area contributed by atoms with E-state index in [-0.39, 0.29) is 12.4 Å². The molecule has 0 unspecified atom stereocenters. The van der Waals surface area contributed by atoms with E-state index >= 15 is 0 Å². The molecular formula is C14H21NO2. The molecule has 0 bridgehead atoms. The van der Waals surface area contributed by atoms with Gasteiger partial charge in [-0.25, -0.2) is 0 Å². The second kappa shape index (κ2) is 7.20. The van der Waals surface area contributed by atoms with Crippen LogP contribution in [0.1, 0.15) is 29.8 Å². The maximum atomic E-state index is 12.0. The maximum absolute atomic E-state index is 12.0. The molecule has 1 N–H and O–H groups in total. The number of ketones is 1. The molecule has 0 aromatic heterocycles. The first-order chi connectivity index (χ1) is 8.21. The summed E-state index contributed by atoms with van der Waals surface area (Å²) in [5, 5.41) is 8.87. The van der Waals surface area contributed by atoms with Crippen LogP contribution in [-0.4, -0.2) is 42.0 Å². The Kier molecular flexibility index (Phi) is 5.87. The van der Waals surface area contributed by atoms with E-state index in [0.29, 0.717) is 13.1 Å². The number of carbonyl (C=O) groups excluding carboxylic acids is 1. The average Bonchev–Trinajstić information content (AvgIpc) is 2.38. The average molecular weight is 235 g/mol. The van der Waals surface area contributed by atoms with E-state index in [1.54, 1.807) is 0 Å². The van der Waals surface area contributed by atoms with Gasteiger partial charge in [-0.2, -0.15) is 0 Å². The number of likely N-dealkylation sites (N-methyl/N-ethyl adjacent to an activating group) is 1. The Morgan fingerprint density at radius 1 is 1.24 bits per heavy atom. The highest BCUT2D eigenvalue weighted by molar-refractivity contribution is 5.97. The first-order valence-electron chi connectivity index (χ1n) is 6.16. The van der Waals surface area contributed by atoms with Crippen LogP contribution in [0.15, 0.2) is 24.3 Å². The Bertz CT molecular complexity index is 346. The second-order valence-electron chi connectivity index (χ2n) is 4.07. The number of hydrogen-bond acceptors (Lipinski definition) is 3. The van der Waals surface area contributed by atoms with Crippen LogP contribution in [0.5, 0.6) is 0 Å². The van der Waals surface area contributed by atoms with Crippen LogP contribution in [0.4, 0.5) is 0 Å². The normalized spacial score (nSPS) is 10.8. The number of carbonyl (C=O) groups is 1. The van der Waals surface area contributed by atoms with E-state index in [0.717, 1.165) is 18.5 Å². The molecule has 0 spiro atoms. The van der Waals surface area contributed by atoms with Gasteiger partial charge in [0.15, 0.2) is 5.78 Å². The molecule has 0 amide bonds. The summed E-state index contributed by atoms with van der Waals surface area (Å²) in [4.78, 5) is 13.9. The van der Waals surface area contributed by atoms with Crippen LogP contribution in [-0.2, 0) is 6.42 Å². The molecule has 94 valence electrons. The molecule has 0 aliphatic rings. The van der Waals surface area contributed by atoms with Gasteiger partial charge in [0.1, 0.15) is 0 Å². The Balaban J connectivity index is 2.62. The topological polar surface area (TPSA) is 40.5 Å². The third-order valence-corrected chi connectivity index (χ3v) is 2.91. The van der Waals surface area contributed by atoms with Crippen LogP contribution in [0.3, 0.4) is 0 Å². The summed E-state index contributed by atoms with van der Waals surface area (Å²) in [5.41, 5.74) is 1.99. The van der Waals surface area contributed by atoms with Gasteiger partial charge in [0, 0.05) is 12.1 Å². The molecule has 1 aromatic rings. The summed E-state index contributed by atoms with van der Waals surface area (Å²) < 4.78 is 0. The number of hydrogen-bond donors (Lipinski definition) is 1. The van der Waals surface area contributed by atoms with Gasteiger partial charge >= 0.3 is 0 Å². The molecular weight excluding hydrogens is 214 g/mol. The van der Waals surface area contributed by atoms with E-state index < -0.39 is 0 Å². The zero-order valence-corrected chi connectivity index (χ0v) is 10.6. The first kappa shape index (κ1) is 13.9. The molecule has 0 saturated carbocycles. The fraction of sp³-hybridized carbons (Fsp3) is 0.500. The van der Waals surface area contributed by atoms with E-state index in [9.17, 15) is 4.79 Å². The lowest BCUT2D eigenvalue weighted by Gasteiger charge is -2.17. The SMILES string of the molecule is CCc1ccc(C(=O)CN(CC)CCO)cc1. The number of aliphatic hydroxyl groups is 1. The van der Waals surface area contributed by atoms with E-state index in [2.05, 4.69) is 6.92 Å². The van der Waals surface area contributed by atoms with Crippen molar-refractivity contribution in [3.05, 3.63) is 35.4 Å². The van der Waals surface area contributed by atoms with Gasteiger partial charge in [-0.3, -0.25) is 9.69 Å². The standard InChI is InChI=1S/C14H21NO2/c1-3-12-5-7-13(8-6-12)14(17)11-15(4-2)9-10-16/h5-8,16H,3-4,9-11H2,1-2H3. The van der Waals surface area contributed by atoms with Crippen LogP contribution in [0.2, 0.25) is 0 Å². The van der Waals surface area contributed by atoms with Crippen LogP contribution in [0, 0.1) is 0 Å². The first-order valence-corrected chi connectivity index (χ1v) is 6.16. The van der Waals surface area contributed by atoms with Crippen molar-refractivity contribution >= 4 is 5.78 Å². The summed E-state index contributed by atoms with van der Waals surface area (Å²) in [6, 6.07) is 7.76. The summed E-state index contributed by atoms with van der Waals surface area (Å²) >= 11 is 0. The zero-order valence-electron chi connectivity index (χ0n) is 10.6. The quantitative estimate of drug-likeness (QED) is 0.732. The van der Waals surface area contributed by atoms with E-state index in [4.69, 9.17) is 5.11 Å². The number of rotatable bonds is 7. The molecule has 0 saturated heterocycles. The van der Waals surface area contributed by atoms with Crippen molar-refractivity contribution in [2.75, 3.05) is 26.2 Å². The Hall–Kier alpha value is -1.19. The van der Waals surface area contributed by atoms with Gasteiger partial charge in [-0.05, 0) is 18.5 Å². The van der Waals surface area contributed by atoms with Crippen molar-refractivity contribution in [2.24, 2.45) is 0 Å². The minimum atomic E-state index is 0.0931. The van der Waals surface area contributed by atoms with Gasteiger partial charge in [-0.1, -0.05) is 38.1 Å². The van der Waals surface area contributed by atoms with Gasteiger partial charge in [-0.15, -0.1) is 0 Å². The van der Waals surface area contributed by atoms with Crippen molar-refractivity contribution in [3.63, 3.8) is 0 Å². The Labute approximate surface area is 103 Å². The third-order valence-electron chi connectivity index (χ3n) is 2.91. The smallest absolute Gasteiger partial charge is 0.176 e. The van der Waals surface area contributed by atoms with Crippen molar-refractivity contribution in [1.82, 2.24) is 4.90 Å². The highest BCUT2D eigenvalue weighted by Gasteiger charge is 2.10. The van der Waals surface area contributed by atoms with Crippen molar-refractivity contribution in [3.8, 4) is 0 Å². The second-order valence-corrected chi connectivity index (χ2v) is 4.07. The molecule has 0 atom stereocenters. The number of Topliss-reactive ketones (excluding diaryl/α,β-unsaturated/α-hetero) is 1. The zero-order chi connectivity index (χ0) is 12.7. The Morgan fingerprint density at radius 2 is 1.88 bits per heavy atom. The molecule has 1 rings (SSSR count). The molecule has 3 heteroatoms.